The number of carbonyl (C=O) groups is 1. The van der Waals surface area contributed by atoms with E-state index in [0.29, 0.717) is 56.3 Å². The number of hydrogen-bond donors (Lipinski definition) is 1. The average molecular weight is 716 g/mol. The van der Waals surface area contributed by atoms with Crippen LogP contribution in [0, 0.1) is 0 Å². The summed E-state index contributed by atoms with van der Waals surface area (Å²) in [5.74, 6) is 0.564. The second-order valence-corrected chi connectivity index (χ2v) is 13.2. The van der Waals surface area contributed by atoms with Crippen LogP contribution in [-0.2, 0) is 29.8 Å². The summed E-state index contributed by atoms with van der Waals surface area (Å²) in [6.07, 6.45) is -3.37. The number of alkyl halides is 5. The molecule has 1 saturated heterocycles. The van der Waals surface area contributed by atoms with Gasteiger partial charge in [-0.25, -0.2) is 13.4 Å². The molecule has 2 aromatic heterocycles. The van der Waals surface area contributed by atoms with Crippen molar-refractivity contribution >= 4 is 32.5 Å². The number of ether oxygens (including phenoxy) is 2. The number of anilines is 1. The van der Waals surface area contributed by atoms with Gasteiger partial charge in [0.1, 0.15) is 17.2 Å². The molecule has 0 aliphatic carbocycles. The minimum atomic E-state index is -4.59. The summed E-state index contributed by atoms with van der Waals surface area (Å²) in [5, 5.41) is 0.821. The summed E-state index contributed by atoms with van der Waals surface area (Å²) in [6.45, 7) is 0.0634. The number of pyridine rings is 1. The molecule has 3 heterocycles. The lowest BCUT2D eigenvalue weighted by atomic mass is 10.2. The Bertz CT molecular complexity index is 2080. The number of carbonyl (C=O) groups excluding carboxylic acids is 1. The van der Waals surface area contributed by atoms with Crippen LogP contribution in [0.4, 0.5) is 27.6 Å². The van der Waals surface area contributed by atoms with Gasteiger partial charge < -0.3 is 18.9 Å². The Labute approximate surface area is 283 Å². The van der Waals surface area contributed by atoms with Crippen molar-refractivity contribution in [1.29, 1.82) is 0 Å². The van der Waals surface area contributed by atoms with E-state index in [4.69, 9.17) is 4.74 Å². The Kier molecular flexibility index (Phi) is 9.67. The van der Waals surface area contributed by atoms with E-state index in [9.17, 15) is 35.2 Å². The number of benzene rings is 3. The molecule has 3 aromatic carbocycles. The molecule has 50 heavy (non-hydrogen) atoms. The lowest BCUT2D eigenvalue weighted by Gasteiger charge is -2.34. The third kappa shape index (κ3) is 7.97. The van der Waals surface area contributed by atoms with Gasteiger partial charge in [-0.15, -0.1) is 0 Å². The summed E-state index contributed by atoms with van der Waals surface area (Å²) in [6, 6.07) is 19.6. The fourth-order valence-corrected chi connectivity index (χ4v) is 6.59. The van der Waals surface area contributed by atoms with Gasteiger partial charge in [0.2, 0.25) is 5.88 Å². The van der Waals surface area contributed by atoms with E-state index in [-0.39, 0.29) is 28.1 Å². The second-order valence-electron chi connectivity index (χ2n) is 11.5. The SMILES string of the molecule is Cn1c(C(=O)N2CCN(Cc3ccc(OC(F)F)cc3)CC2)cc2ccc(Oc3ccc(NS(=O)(=O)c4ccc(C(F)(F)F)cc4)cn3)cc21. The monoisotopic (exact) mass is 715 g/mol. The highest BCUT2D eigenvalue weighted by Gasteiger charge is 2.31. The molecule has 0 radical (unpaired) electrons. The molecule has 262 valence electrons. The Morgan fingerprint density at radius 2 is 1.58 bits per heavy atom. The maximum absolute atomic E-state index is 13.5. The third-order valence-corrected chi connectivity index (χ3v) is 9.55. The molecule has 0 atom stereocenters. The quantitative estimate of drug-likeness (QED) is 0.160. The van der Waals surface area contributed by atoms with Crippen LogP contribution in [0.15, 0.2) is 96.0 Å². The zero-order chi connectivity index (χ0) is 35.6. The summed E-state index contributed by atoms with van der Waals surface area (Å²) in [5.41, 5.74) is 1.31. The van der Waals surface area contributed by atoms with Gasteiger partial charge in [0.25, 0.3) is 15.9 Å². The average Bonchev–Trinajstić information content (AvgIpc) is 3.41. The molecule has 1 aliphatic rings. The number of piperazine rings is 1. The molecule has 0 bridgehead atoms. The second kappa shape index (κ2) is 14.0. The van der Waals surface area contributed by atoms with E-state index >= 15 is 0 Å². The normalized spacial score (nSPS) is 14.3. The predicted octanol–water partition coefficient (Wildman–Crippen LogP) is 6.74. The van der Waals surface area contributed by atoms with Crippen LogP contribution >= 0.6 is 0 Å². The lowest BCUT2D eigenvalue weighted by Crippen LogP contribution is -2.48. The van der Waals surface area contributed by atoms with E-state index in [0.717, 1.165) is 28.6 Å². The molecule has 0 saturated carbocycles. The molecule has 16 heteroatoms. The van der Waals surface area contributed by atoms with Crippen LogP contribution < -0.4 is 14.2 Å². The first-order valence-electron chi connectivity index (χ1n) is 15.2. The number of sulfonamides is 1. The largest absolute Gasteiger partial charge is 0.439 e. The zero-order valence-corrected chi connectivity index (χ0v) is 27.2. The molecule has 10 nitrogen and oxygen atoms in total. The first-order valence-corrected chi connectivity index (χ1v) is 16.7. The van der Waals surface area contributed by atoms with Crippen molar-refractivity contribution in [3.8, 4) is 17.4 Å². The van der Waals surface area contributed by atoms with Gasteiger partial charge >= 0.3 is 12.8 Å². The van der Waals surface area contributed by atoms with E-state index in [1.807, 2.05) is 12.1 Å². The fraction of sp³-hybridized carbons (Fsp3) is 0.235. The van der Waals surface area contributed by atoms with E-state index < -0.39 is 28.4 Å². The molecule has 1 amide bonds. The zero-order valence-electron chi connectivity index (χ0n) is 26.4. The highest BCUT2D eigenvalue weighted by Crippen LogP contribution is 2.31. The van der Waals surface area contributed by atoms with E-state index in [1.165, 1.54) is 30.5 Å². The van der Waals surface area contributed by atoms with Crippen molar-refractivity contribution in [1.82, 2.24) is 19.4 Å². The highest BCUT2D eigenvalue weighted by atomic mass is 32.2. The standard InChI is InChI=1S/C34H30F5N5O5S/c1-42-29-19-27(48-31-13-7-25(20-40-31)41-50(46,47)28-11-5-24(6-12-28)34(37,38)39)10-4-23(29)18-30(42)32(45)44-16-14-43(15-17-44)21-22-2-8-26(9-3-22)49-33(35)36/h2-13,18-20,33,41H,14-17,21H2,1H3. The number of nitrogens with one attached hydrogen (secondary N) is 1. The Morgan fingerprint density at radius 1 is 0.900 bits per heavy atom. The molecular weight excluding hydrogens is 685 g/mol. The van der Waals surface area contributed by atoms with Crippen molar-refractivity contribution in [3.63, 3.8) is 0 Å². The van der Waals surface area contributed by atoms with Crippen molar-refractivity contribution < 1.29 is 44.6 Å². The van der Waals surface area contributed by atoms with Crippen LogP contribution in [0.1, 0.15) is 21.6 Å². The number of hydrogen-bond acceptors (Lipinski definition) is 7. The smallest absolute Gasteiger partial charge is 0.416 e. The van der Waals surface area contributed by atoms with Crippen LogP contribution in [0.5, 0.6) is 17.4 Å². The number of aromatic nitrogens is 2. The maximum Gasteiger partial charge on any atom is 0.416 e. The molecule has 0 spiro atoms. The van der Waals surface area contributed by atoms with Crippen molar-refractivity contribution in [2.45, 2.75) is 24.2 Å². The summed E-state index contributed by atoms with van der Waals surface area (Å²) in [4.78, 5) is 21.3. The van der Waals surface area contributed by atoms with Crippen LogP contribution in [-0.4, -0.2) is 66.5 Å². The molecule has 1 aliphatic heterocycles. The van der Waals surface area contributed by atoms with Crippen LogP contribution in [0.3, 0.4) is 0 Å². The first-order chi connectivity index (χ1) is 23.7. The Morgan fingerprint density at radius 3 is 2.20 bits per heavy atom. The minimum Gasteiger partial charge on any atom is -0.439 e. The first kappa shape index (κ1) is 34.6. The molecule has 1 N–H and O–H groups in total. The summed E-state index contributed by atoms with van der Waals surface area (Å²) in [7, 11) is -2.38. The van der Waals surface area contributed by atoms with Gasteiger partial charge in [0, 0.05) is 57.3 Å². The van der Waals surface area contributed by atoms with Crippen LogP contribution in [0.25, 0.3) is 10.9 Å². The predicted molar refractivity (Wildman–Crippen MR) is 174 cm³/mol. The van der Waals surface area contributed by atoms with Gasteiger partial charge in [0.15, 0.2) is 0 Å². The van der Waals surface area contributed by atoms with Gasteiger partial charge in [-0.2, -0.15) is 22.0 Å². The summed E-state index contributed by atoms with van der Waals surface area (Å²) < 4.78 is 103. The minimum absolute atomic E-state index is 0.0791. The molecule has 1 fully saturated rings. The van der Waals surface area contributed by atoms with E-state index in [1.54, 1.807) is 40.8 Å². The van der Waals surface area contributed by atoms with E-state index in [2.05, 4.69) is 19.3 Å². The van der Waals surface area contributed by atoms with Crippen LogP contribution in [0.2, 0.25) is 0 Å². The number of nitrogens with zero attached hydrogens (tertiary/aromatic N) is 4. The Balaban J connectivity index is 1.05. The Hall–Kier alpha value is -5.22. The lowest BCUT2D eigenvalue weighted by molar-refractivity contribution is -0.137. The van der Waals surface area contributed by atoms with Crippen molar-refractivity contribution in [2.75, 3.05) is 30.9 Å². The van der Waals surface area contributed by atoms with Gasteiger partial charge in [-0.1, -0.05) is 12.1 Å². The van der Waals surface area contributed by atoms with Gasteiger partial charge in [-0.05, 0) is 66.2 Å². The molecule has 5 aromatic rings. The molecule has 0 unspecified atom stereocenters. The van der Waals surface area contributed by atoms with Crippen molar-refractivity contribution in [3.05, 3.63) is 108 Å². The third-order valence-electron chi connectivity index (χ3n) is 8.15. The van der Waals surface area contributed by atoms with Gasteiger partial charge in [-0.3, -0.25) is 14.4 Å². The number of fused-ring (bicyclic) bond motifs is 1. The fourth-order valence-electron chi connectivity index (χ4n) is 5.54. The molecule has 6 rings (SSSR count). The molecular formula is C34H30F5N5O5S. The topological polar surface area (TPSA) is 106 Å². The van der Waals surface area contributed by atoms with Gasteiger partial charge in [0.05, 0.1) is 27.9 Å². The summed E-state index contributed by atoms with van der Waals surface area (Å²) >= 11 is 0. The number of amides is 1. The number of rotatable bonds is 10. The highest BCUT2D eigenvalue weighted by molar-refractivity contribution is 7.92. The van der Waals surface area contributed by atoms with Crippen molar-refractivity contribution in [2.24, 2.45) is 7.05 Å². The number of aryl methyl sites for hydroxylation is 1. The maximum atomic E-state index is 13.5. The number of halogens is 5.